The monoisotopic (exact) mass is 187 g/mol. The maximum absolute atomic E-state index is 9.58. The summed E-state index contributed by atoms with van der Waals surface area (Å²) in [5, 5.41) is 9.58. The van der Waals surface area contributed by atoms with Gasteiger partial charge in [-0.05, 0) is 39.3 Å². The summed E-state index contributed by atoms with van der Waals surface area (Å²) in [6.07, 6.45) is 1.85. The number of aliphatic hydroxyl groups excluding tert-OH is 1. The van der Waals surface area contributed by atoms with Crippen LogP contribution < -0.4 is 0 Å². The van der Waals surface area contributed by atoms with E-state index in [9.17, 15) is 5.11 Å². The van der Waals surface area contributed by atoms with E-state index >= 15 is 0 Å². The quantitative estimate of drug-likeness (QED) is 0.688. The minimum absolute atomic E-state index is 0.267. The summed E-state index contributed by atoms with van der Waals surface area (Å²) in [4.78, 5) is 2.32. The summed E-state index contributed by atoms with van der Waals surface area (Å²) < 4.78 is 5.17. The van der Waals surface area contributed by atoms with Gasteiger partial charge in [-0.15, -0.1) is 0 Å². The van der Waals surface area contributed by atoms with Crippen LogP contribution in [0.5, 0.6) is 0 Å². The van der Waals surface area contributed by atoms with Crippen LogP contribution in [-0.2, 0) is 4.74 Å². The molecule has 0 bridgehead atoms. The van der Waals surface area contributed by atoms with Crippen LogP contribution >= 0.6 is 0 Å². The van der Waals surface area contributed by atoms with Crippen molar-refractivity contribution in [1.82, 2.24) is 4.90 Å². The van der Waals surface area contributed by atoms with Gasteiger partial charge < -0.3 is 14.7 Å². The molecule has 1 aliphatic rings. The molecule has 0 radical (unpaired) electrons. The van der Waals surface area contributed by atoms with Crippen molar-refractivity contribution in [3.8, 4) is 0 Å². The summed E-state index contributed by atoms with van der Waals surface area (Å²) in [5.74, 6) is 0.667. The smallest absolute Gasteiger partial charge is 0.0776 e. The lowest BCUT2D eigenvalue weighted by Gasteiger charge is -2.15. The molecule has 13 heavy (non-hydrogen) atoms. The Morgan fingerprint density at radius 3 is 2.92 bits per heavy atom. The second kappa shape index (κ2) is 5.58. The Kier molecular flexibility index (Phi) is 4.70. The molecule has 0 aliphatic carbocycles. The molecule has 1 aliphatic heterocycles. The number of nitrogens with zero attached hydrogens (tertiary/aromatic N) is 1. The molecular weight excluding hydrogens is 166 g/mol. The van der Waals surface area contributed by atoms with Gasteiger partial charge in [-0.3, -0.25) is 0 Å². The molecule has 78 valence electrons. The van der Waals surface area contributed by atoms with Crippen LogP contribution in [0.3, 0.4) is 0 Å². The van der Waals surface area contributed by atoms with Crippen molar-refractivity contribution >= 4 is 0 Å². The average molecular weight is 187 g/mol. The number of hydrogen-bond acceptors (Lipinski definition) is 3. The molecular formula is C10H21NO2. The first-order valence-electron chi connectivity index (χ1n) is 5.16. The molecule has 1 saturated heterocycles. The fourth-order valence-corrected chi connectivity index (χ4v) is 1.93. The van der Waals surface area contributed by atoms with Crippen molar-refractivity contribution in [1.29, 1.82) is 0 Å². The van der Waals surface area contributed by atoms with Crippen LogP contribution in [0.2, 0.25) is 0 Å². The summed E-state index contributed by atoms with van der Waals surface area (Å²) in [6.45, 7) is 5.45. The Labute approximate surface area is 80.7 Å². The van der Waals surface area contributed by atoms with Crippen molar-refractivity contribution < 1.29 is 9.84 Å². The highest BCUT2D eigenvalue weighted by atomic mass is 16.5. The molecule has 1 heterocycles. The highest BCUT2D eigenvalue weighted by molar-refractivity contribution is 4.75. The van der Waals surface area contributed by atoms with Crippen molar-refractivity contribution in [3.05, 3.63) is 0 Å². The highest BCUT2D eigenvalue weighted by Gasteiger charge is 2.21. The Morgan fingerprint density at radius 1 is 1.62 bits per heavy atom. The molecule has 0 spiro atoms. The van der Waals surface area contributed by atoms with Gasteiger partial charge in [0.2, 0.25) is 0 Å². The van der Waals surface area contributed by atoms with E-state index in [-0.39, 0.29) is 6.10 Å². The Balaban J connectivity index is 2.09. The van der Waals surface area contributed by atoms with E-state index < -0.39 is 0 Å². The van der Waals surface area contributed by atoms with Gasteiger partial charge in [0.05, 0.1) is 12.7 Å². The number of aliphatic hydroxyl groups is 1. The van der Waals surface area contributed by atoms with Crippen LogP contribution in [0.4, 0.5) is 0 Å². The maximum atomic E-state index is 9.58. The average Bonchev–Trinajstić information content (AvgIpc) is 2.48. The zero-order valence-corrected chi connectivity index (χ0v) is 8.70. The van der Waals surface area contributed by atoms with Gasteiger partial charge in [0, 0.05) is 13.2 Å². The predicted molar refractivity (Wildman–Crippen MR) is 52.7 cm³/mol. The van der Waals surface area contributed by atoms with E-state index in [0.29, 0.717) is 19.1 Å². The Bertz CT molecular complexity index is 141. The molecule has 0 aromatic heterocycles. The summed E-state index contributed by atoms with van der Waals surface area (Å²) in [5.41, 5.74) is 0. The lowest BCUT2D eigenvalue weighted by Crippen LogP contribution is -2.21. The molecule has 3 heteroatoms. The topological polar surface area (TPSA) is 32.7 Å². The Hall–Kier alpha value is -0.120. The van der Waals surface area contributed by atoms with Crippen LogP contribution in [0, 0.1) is 5.92 Å². The molecule has 1 unspecified atom stereocenters. The second-order valence-corrected chi connectivity index (χ2v) is 3.97. The largest absolute Gasteiger partial charge is 0.391 e. The first-order valence-corrected chi connectivity index (χ1v) is 5.16. The van der Waals surface area contributed by atoms with Gasteiger partial charge in [-0.1, -0.05) is 0 Å². The lowest BCUT2D eigenvalue weighted by atomic mass is 10.0. The van der Waals surface area contributed by atoms with Gasteiger partial charge in [0.15, 0.2) is 0 Å². The predicted octanol–water partition coefficient (Wildman–Crippen LogP) is 0.726. The van der Waals surface area contributed by atoms with E-state index in [1.165, 1.54) is 13.0 Å². The number of hydrogen-bond donors (Lipinski definition) is 1. The molecule has 3 nitrogen and oxygen atoms in total. The molecule has 0 aromatic rings. The summed E-state index contributed by atoms with van der Waals surface area (Å²) in [7, 11) is 2.13. The van der Waals surface area contributed by atoms with Crippen LogP contribution in [0.1, 0.15) is 19.8 Å². The van der Waals surface area contributed by atoms with Gasteiger partial charge in [0.1, 0.15) is 0 Å². The zero-order valence-electron chi connectivity index (χ0n) is 8.70. The van der Waals surface area contributed by atoms with Gasteiger partial charge >= 0.3 is 0 Å². The Morgan fingerprint density at radius 2 is 2.38 bits per heavy atom. The number of rotatable bonds is 5. The minimum atomic E-state index is -0.267. The summed E-state index contributed by atoms with van der Waals surface area (Å²) in [6, 6.07) is 0. The second-order valence-electron chi connectivity index (χ2n) is 3.97. The minimum Gasteiger partial charge on any atom is -0.391 e. The molecule has 0 saturated carbocycles. The molecule has 0 aromatic carbocycles. The third-order valence-electron chi connectivity index (χ3n) is 2.61. The third-order valence-corrected chi connectivity index (χ3v) is 2.61. The van der Waals surface area contributed by atoms with E-state index in [0.717, 1.165) is 13.0 Å². The van der Waals surface area contributed by atoms with Crippen molar-refractivity contribution in [2.75, 3.05) is 33.4 Å². The van der Waals surface area contributed by atoms with Crippen LogP contribution in [0.15, 0.2) is 0 Å². The molecule has 1 N–H and O–H groups in total. The fourth-order valence-electron chi connectivity index (χ4n) is 1.93. The normalized spacial score (nSPS) is 26.5. The molecule has 0 amide bonds. The van der Waals surface area contributed by atoms with Gasteiger partial charge in [-0.25, -0.2) is 0 Å². The van der Waals surface area contributed by atoms with Gasteiger partial charge in [0.25, 0.3) is 0 Å². The molecule has 1 fully saturated rings. The lowest BCUT2D eigenvalue weighted by molar-refractivity contribution is 0.0299. The van der Waals surface area contributed by atoms with Crippen molar-refractivity contribution in [2.45, 2.75) is 25.9 Å². The van der Waals surface area contributed by atoms with E-state index in [4.69, 9.17) is 4.74 Å². The SMILES string of the molecule is CCOC[C@@H](O)CC1CCN(C)C1. The molecule has 2 atom stereocenters. The standard InChI is InChI=1S/C10H21NO2/c1-3-13-8-10(12)6-9-4-5-11(2)7-9/h9-10,12H,3-8H2,1-2H3/t9?,10-/m0/s1. The number of likely N-dealkylation sites (tertiary alicyclic amines) is 1. The maximum Gasteiger partial charge on any atom is 0.0776 e. The van der Waals surface area contributed by atoms with E-state index in [1.54, 1.807) is 0 Å². The number of ether oxygens (including phenoxy) is 1. The van der Waals surface area contributed by atoms with E-state index in [1.807, 2.05) is 6.92 Å². The van der Waals surface area contributed by atoms with Crippen molar-refractivity contribution in [2.24, 2.45) is 5.92 Å². The zero-order chi connectivity index (χ0) is 9.68. The summed E-state index contributed by atoms with van der Waals surface area (Å²) >= 11 is 0. The van der Waals surface area contributed by atoms with Crippen LogP contribution in [0.25, 0.3) is 0 Å². The highest BCUT2D eigenvalue weighted by Crippen LogP contribution is 2.19. The van der Waals surface area contributed by atoms with Crippen LogP contribution in [-0.4, -0.2) is 49.5 Å². The van der Waals surface area contributed by atoms with E-state index in [2.05, 4.69) is 11.9 Å². The fraction of sp³-hybridized carbons (Fsp3) is 1.00. The van der Waals surface area contributed by atoms with Gasteiger partial charge in [-0.2, -0.15) is 0 Å². The first-order chi connectivity index (χ1) is 6.22. The van der Waals surface area contributed by atoms with Crippen molar-refractivity contribution in [3.63, 3.8) is 0 Å². The molecule has 1 rings (SSSR count). The first kappa shape index (κ1) is 11.0. The third kappa shape index (κ3) is 4.07.